The summed E-state index contributed by atoms with van der Waals surface area (Å²) in [7, 11) is 0. The summed E-state index contributed by atoms with van der Waals surface area (Å²) in [6.45, 7) is 6.42. The second-order valence-corrected chi connectivity index (χ2v) is 16.7. The Morgan fingerprint density at radius 2 is 1.57 bits per heavy atom. The molecule has 1 aliphatic carbocycles. The van der Waals surface area contributed by atoms with E-state index in [2.05, 4.69) is 69.5 Å². The topological polar surface area (TPSA) is 167 Å². The van der Waals surface area contributed by atoms with E-state index in [1.165, 1.54) is 5.69 Å². The number of imidazole rings is 1. The molecule has 3 N–H and O–H groups in total. The first-order chi connectivity index (χ1) is 29.8. The molecule has 3 aliphatic heterocycles. The average Bonchev–Trinajstić information content (AvgIpc) is 3.70. The molecule has 61 heavy (non-hydrogen) atoms. The summed E-state index contributed by atoms with van der Waals surface area (Å²) in [6, 6.07) is 25.9. The molecule has 4 amide bonds. The minimum absolute atomic E-state index is 0.00927. The Kier molecular flexibility index (Phi) is 11.9. The van der Waals surface area contributed by atoms with Gasteiger partial charge in [0.05, 0.1) is 18.7 Å². The molecule has 316 valence electrons. The number of likely N-dealkylation sites (tertiary alicyclic amines) is 1. The number of benzene rings is 3. The number of hydrogen-bond acceptors (Lipinski definition) is 11. The van der Waals surface area contributed by atoms with Gasteiger partial charge < -0.3 is 29.7 Å². The molecule has 4 aliphatic rings. The molecule has 15 nitrogen and oxygen atoms in total. The number of rotatable bonds is 13. The average molecular weight is 825 g/mol. The molecule has 5 heterocycles. The van der Waals surface area contributed by atoms with Crippen LogP contribution in [0.15, 0.2) is 91.5 Å². The van der Waals surface area contributed by atoms with Gasteiger partial charge in [-0.1, -0.05) is 42.5 Å². The van der Waals surface area contributed by atoms with Crippen molar-refractivity contribution in [3.05, 3.63) is 103 Å². The number of ether oxygens (including phenoxy) is 1. The number of anilines is 3. The van der Waals surface area contributed by atoms with Crippen molar-refractivity contribution >= 4 is 52.0 Å². The van der Waals surface area contributed by atoms with Gasteiger partial charge in [0, 0.05) is 75.7 Å². The van der Waals surface area contributed by atoms with Crippen LogP contribution in [0.2, 0.25) is 0 Å². The van der Waals surface area contributed by atoms with Crippen LogP contribution in [0.25, 0.3) is 11.2 Å². The highest BCUT2D eigenvalue weighted by molar-refractivity contribution is 6.01. The van der Waals surface area contributed by atoms with Crippen LogP contribution in [-0.2, 0) is 25.6 Å². The highest BCUT2D eigenvalue weighted by Crippen LogP contribution is 2.35. The molecule has 1 atom stereocenters. The summed E-state index contributed by atoms with van der Waals surface area (Å²) >= 11 is 0. The Morgan fingerprint density at radius 1 is 0.820 bits per heavy atom. The molecule has 3 aromatic carbocycles. The zero-order chi connectivity index (χ0) is 41.7. The van der Waals surface area contributed by atoms with Gasteiger partial charge >= 0.3 is 0 Å². The number of aromatic nitrogens is 4. The monoisotopic (exact) mass is 824 g/mol. The van der Waals surface area contributed by atoms with Crippen molar-refractivity contribution in [2.24, 2.45) is 5.92 Å². The Balaban J connectivity index is 0.684. The third kappa shape index (κ3) is 9.51. The minimum Gasteiger partial charge on any atom is -0.484 e. The van der Waals surface area contributed by atoms with Gasteiger partial charge in [0.1, 0.15) is 12.1 Å². The first kappa shape index (κ1) is 40.1. The van der Waals surface area contributed by atoms with Gasteiger partial charge in [-0.05, 0) is 85.5 Å². The highest BCUT2D eigenvalue weighted by atomic mass is 16.5. The van der Waals surface area contributed by atoms with Gasteiger partial charge in [-0.3, -0.25) is 29.4 Å². The van der Waals surface area contributed by atoms with E-state index < -0.39 is 0 Å². The van der Waals surface area contributed by atoms with Crippen molar-refractivity contribution in [3.63, 3.8) is 0 Å². The number of piperazine rings is 1. The molecular formula is C46H52N10O5. The first-order valence-electron chi connectivity index (χ1n) is 21.5. The van der Waals surface area contributed by atoms with E-state index in [1.807, 2.05) is 53.7 Å². The van der Waals surface area contributed by atoms with Gasteiger partial charge in [-0.15, -0.1) is 0 Å². The van der Waals surface area contributed by atoms with Crippen LogP contribution >= 0.6 is 0 Å². The number of fused-ring (bicyclic) bond motifs is 1. The van der Waals surface area contributed by atoms with Crippen LogP contribution in [0.1, 0.15) is 61.6 Å². The summed E-state index contributed by atoms with van der Waals surface area (Å²) in [5, 5.41) is 9.02. The molecular weight excluding hydrogens is 773 g/mol. The van der Waals surface area contributed by atoms with E-state index in [0.29, 0.717) is 36.7 Å². The number of piperidine rings is 2. The number of carbonyl (C=O) groups excluding carboxylic acids is 4. The van der Waals surface area contributed by atoms with Crippen LogP contribution in [-0.4, -0.2) is 111 Å². The number of nitrogens with one attached hydrogen (secondary N) is 3. The Hall–Kier alpha value is -6.35. The van der Waals surface area contributed by atoms with Crippen molar-refractivity contribution < 1.29 is 23.9 Å². The quantitative estimate of drug-likeness (QED) is 0.142. The highest BCUT2D eigenvalue weighted by Gasteiger charge is 2.33. The Morgan fingerprint density at radius 3 is 2.31 bits per heavy atom. The number of carbonyl (C=O) groups is 4. The lowest BCUT2D eigenvalue weighted by Crippen LogP contribution is -2.49. The lowest BCUT2D eigenvalue weighted by atomic mass is 9.86. The number of nitrogens with zero attached hydrogens (tertiary/aromatic N) is 7. The van der Waals surface area contributed by atoms with E-state index in [9.17, 15) is 19.2 Å². The third-order valence-corrected chi connectivity index (χ3v) is 12.7. The van der Waals surface area contributed by atoms with Crippen LogP contribution in [0.3, 0.4) is 0 Å². The molecule has 0 bridgehead atoms. The molecule has 9 rings (SSSR count). The van der Waals surface area contributed by atoms with E-state index >= 15 is 0 Å². The first-order valence-corrected chi connectivity index (χ1v) is 21.5. The predicted octanol–water partition coefficient (Wildman–Crippen LogP) is 4.59. The maximum absolute atomic E-state index is 13.0. The Labute approximate surface area is 354 Å². The molecule has 15 heteroatoms. The predicted molar refractivity (Wildman–Crippen MR) is 230 cm³/mol. The van der Waals surface area contributed by atoms with Crippen molar-refractivity contribution in [1.29, 1.82) is 0 Å². The molecule has 0 spiro atoms. The van der Waals surface area contributed by atoms with E-state index in [4.69, 9.17) is 4.74 Å². The van der Waals surface area contributed by atoms with Crippen LogP contribution in [0, 0.1) is 5.92 Å². The fourth-order valence-electron chi connectivity index (χ4n) is 9.06. The lowest BCUT2D eigenvalue weighted by molar-refractivity contribution is -0.135. The zero-order valence-corrected chi connectivity index (χ0v) is 34.2. The molecule has 5 aromatic rings. The number of amides is 4. The zero-order valence-electron chi connectivity index (χ0n) is 34.2. The maximum Gasteiger partial charge on any atom is 0.260 e. The molecule has 2 aromatic heterocycles. The fraction of sp³-hybridized carbons (Fsp3) is 0.413. The van der Waals surface area contributed by atoms with E-state index in [0.717, 1.165) is 99.5 Å². The van der Waals surface area contributed by atoms with Crippen molar-refractivity contribution in [2.45, 2.75) is 62.9 Å². The van der Waals surface area contributed by atoms with Gasteiger partial charge in [0.25, 0.3) is 5.91 Å². The van der Waals surface area contributed by atoms with Gasteiger partial charge in [0.2, 0.25) is 17.7 Å². The standard InChI is InChI=1S/C46H52N10O5/c57-40-15-14-39(46(60)52-40)33-6-12-38(13-7-33)61-28-42(59)55-18-16-32(17-19-55)27-53-20-22-54(23-21-53)36-10-8-34(9-11-36)51-44-43-45(48-29-47-44)56(30-49-43)37-25-35(26-37)50-41(58)24-31-4-2-1-3-5-31/h1-13,29-30,32,35,37,39H,14-28H2,(H,50,58)(H,47,48,51)(H,52,57,60)/t35?,37?,39-/m0/s1. The normalized spacial score (nSPS) is 21.1. The third-order valence-electron chi connectivity index (χ3n) is 12.7. The Bertz CT molecular complexity index is 2330. The van der Waals surface area contributed by atoms with Gasteiger partial charge in [0.15, 0.2) is 23.6 Å². The van der Waals surface area contributed by atoms with E-state index in [1.54, 1.807) is 18.5 Å². The molecule has 1 saturated carbocycles. The largest absolute Gasteiger partial charge is 0.484 e. The SMILES string of the molecule is O=C1CC[C@@H](c2ccc(OCC(=O)N3CCC(CN4CCN(c5ccc(Nc6ncnc7c6ncn7C6CC(NC(=O)Cc7ccccc7)C6)cc5)CC4)CC3)cc2)C(=O)N1. The van der Waals surface area contributed by atoms with E-state index in [-0.39, 0.29) is 48.2 Å². The molecule has 3 saturated heterocycles. The van der Waals surface area contributed by atoms with Crippen molar-refractivity contribution in [2.75, 3.05) is 62.6 Å². The maximum atomic E-state index is 13.0. The van der Waals surface area contributed by atoms with Crippen molar-refractivity contribution in [3.8, 4) is 5.75 Å². The summed E-state index contributed by atoms with van der Waals surface area (Å²) in [6.07, 6.45) is 8.26. The fourth-order valence-corrected chi connectivity index (χ4v) is 9.06. The summed E-state index contributed by atoms with van der Waals surface area (Å²) in [5.74, 6) is 1.01. The minimum atomic E-state index is -0.342. The molecule has 4 fully saturated rings. The van der Waals surface area contributed by atoms with Gasteiger partial charge in [-0.2, -0.15) is 0 Å². The summed E-state index contributed by atoms with van der Waals surface area (Å²) in [5.41, 5.74) is 5.47. The lowest BCUT2D eigenvalue weighted by Gasteiger charge is -2.39. The van der Waals surface area contributed by atoms with Crippen LogP contribution in [0.4, 0.5) is 17.2 Å². The van der Waals surface area contributed by atoms with Crippen LogP contribution in [0.5, 0.6) is 5.75 Å². The van der Waals surface area contributed by atoms with Crippen LogP contribution < -0.4 is 25.6 Å². The summed E-state index contributed by atoms with van der Waals surface area (Å²) in [4.78, 5) is 69.9. The molecule has 0 unspecified atom stereocenters. The number of imide groups is 1. The second kappa shape index (κ2) is 18.1. The summed E-state index contributed by atoms with van der Waals surface area (Å²) < 4.78 is 7.91. The second-order valence-electron chi connectivity index (χ2n) is 16.7. The van der Waals surface area contributed by atoms with Crippen molar-refractivity contribution in [1.82, 2.24) is 40.0 Å². The molecule has 0 radical (unpaired) electrons. The van der Waals surface area contributed by atoms with Gasteiger partial charge in [-0.25, -0.2) is 15.0 Å². The number of hydrogen-bond donors (Lipinski definition) is 3. The smallest absolute Gasteiger partial charge is 0.260 e.